The van der Waals surface area contributed by atoms with E-state index in [0.717, 1.165) is 11.0 Å². The second kappa shape index (κ2) is 7.28. The molecule has 2 amide bonds. The van der Waals surface area contributed by atoms with Crippen LogP contribution in [0.1, 0.15) is 5.56 Å². The number of nitrogens with one attached hydrogen (secondary N) is 1. The van der Waals surface area contributed by atoms with Gasteiger partial charge in [-0.05, 0) is 6.07 Å². The topological polar surface area (TPSA) is 114 Å². The molecule has 0 saturated carbocycles. The highest BCUT2D eigenvalue weighted by atomic mass is 32.1. The maximum absolute atomic E-state index is 12.2. The van der Waals surface area contributed by atoms with Crippen LogP contribution in [-0.2, 0) is 9.59 Å². The molecule has 4 N–H and O–H groups in total. The van der Waals surface area contributed by atoms with E-state index in [0.29, 0.717) is 22.7 Å². The van der Waals surface area contributed by atoms with Gasteiger partial charge >= 0.3 is 0 Å². The molecule has 8 nitrogen and oxygen atoms in total. The van der Waals surface area contributed by atoms with Crippen molar-refractivity contribution in [3.63, 3.8) is 0 Å². The number of rotatable bonds is 7. The molecule has 1 heterocycles. The van der Waals surface area contributed by atoms with E-state index in [1.54, 1.807) is 12.1 Å². The SMILES string of the molecule is COc1cc(NC2=CC(=O)N(CCO)C2=O)c(C(N)=S)cc1OC. The van der Waals surface area contributed by atoms with Crippen molar-refractivity contribution in [2.24, 2.45) is 5.73 Å². The Morgan fingerprint density at radius 3 is 2.46 bits per heavy atom. The Hall–Kier alpha value is -2.65. The molecule has 1 aromatic carbocycles. The van der Waals surface area contributed by atoms with Crippen LogP contribution in [0.2, 0.25) is 0 Å². The fraction of sp³-hybridized carbons (Fsp3) is 0.267. The standard InChI is InChI=1S/C15H17N3O5S/c1-22-11-5-8(14(16)24)9(6-12(11)23-2)17-10-7-13(20)18(3-4-19)15(10)21/h5-7,17,19H,3-4H2,1-2H3,(H2,16,24). The molecule has 2 rings (SSSR count). The van der Waals surface area contributed by atoms with E-state index in [-0.39, 0.29) is 23.8 Å². The molecule has 1 aromatic rings. The first-order valence-electron chi connectivity index (χ1n) is 6.94. The van der Waals surface area contributed by atoms with E-state index in [9.17, 15) is 9.59 Å². The third-order valence-electron chi connectivity index (χ3n) is 3.39. The summed E-state index contributed by atoms with van der Waals surface area (Å²) in [5.74, 6) is -0.216. The van der Waals surface area contributed by atoms with Gasteiger partial charge < -0.3 is 25.6 Å². The molecule has 128 valence electrons. The Labute approximate surface area is 143 Å². The smallest absolute Gasteiger partial charge is 0.277 e. The van der Waals surface area contributed by atoms with Crippen LogP contribution in [0.5, 0.6) is 11.5 Å². The van der Waals surface area contributed by atoms with Crippen LogP contribution in [-0.4, -0.2) is 54.2 Å². The van der Waals surface area contributed by atoms with Gasteiger partial charge in [-0.1, -0.05) is 12.2 Å². The van der Waals surface area contributed by atoms with Crippen molar-refractivity contribution in [2.45, 2.75) is 0 Å². The molecule has 0 atom stereocenters. The lowest BCUT2D eigenvalue weighted by Gasteiger charge is -2.17. The predicted molar refractivity (Wildman–Crippen MR) is 90.9 cm³/mol. The number of hydrogen-bond acceptors (Lipinski definition) is 7. The van der Waals surface area contributed by atoms with E-state index >= 15 is 0 Å². The number of carbonyl (C=O) groups excluding carboxylic acids is 2. The molecule has 0 unspecified atom stereocenters. The average Bonchev–Trinajstić information content (AvgIpc) is 2.82. The number of carbonyl (C=O) groups is 2. The van der Waals surface area contributed by atoms with E-state index < -0.39 is 11.8 Å². The Kier molecular flexibility index (Phi) is 5.37. The van der Waals surface area contributed by atoms with Crippen molar-refractivity contribution in [3.05, 3.63) is 29.5 Å². The highest BCUT2D eigenvalue weighted by molar-refractivity contribution is 7.80. The summed E-state index contributed by atoms with van der Waals surface area (Å²) in [6, 6.07) is 3.15. The normalized spacial score (nSPS) is 13.8. The highest BCUT2D eigenvalue weighted by Gasteiger charge is 2.31. The van der Waals surface area contributed by atoms with Crippen LogP contribution < -0.4 is 20.5 Å². The van der Waals surface area contributed by atoms with Crippen LogP contribution in [0.25, 0.3) is 0 Å². The third-order valence-corrected chi connectivity index (χ3v) is 3.61. The van der Waals surface area contributed by atoms with Crippen molar-refractivity contribution in [1.29, 1.82) is 0 Å². The Balaban J connectivity index is 2.39. The number of nitrogens with two attached hydrogens (primary N) is 1. The summed E-state index contributed by atoms with van der Waals surface area (Å²) in [4.78, 5) is 25.0. The van der Waals surface area contributed by atoms with Gasteiger partial charge in [0.25, 0.3) is 11.8 Å². The molecule has 0 saturated heterocycles. The van der Waals surface area contributed by atoms with Gasteiger partial charge in [-0.15, -0.1) is 0 Å². The minimum Gasteiger partial charge on any atom is -0.493 e. The summed E-state index contributed by atoms with van der Waals surface area (Å²) in [5.41, 5.74) is 6.61. The van der Waals surface area contributed by atoms with Crippen LogP contribution in [0.3, 0.4) is 0 Å². The predicted octanol–water partition coefficient (Wildman–Crippen LogP) is -0.00510. The minimum absolute atomic E-state index is 0.0539. The molecule has 0 fully saturated rings. The number of anilines is 1. The van der Waals surface area contributed by atoms with Crippen molar-refractivity contribution in [3.8, 4) is 11.5 Å². The number of thiocarbonyl (C=S) groups is 1. The molecular formula is C15H17N3O5S. The number of benzene rings is 1. The minimum atomic E-state index is -0.544. The molecule has 9 heteroatoms. The van der Waals surface area contributed by atoms with Gasteiger partial charge in [0, 0.05) is 17.7 Å². The zero-order valence-electron chi connectivity index (χ0n) is 13.2. The number of hydrogen-bond donors (Lipinski definition) is 3. The van der Waals surface area contributed by atoms with Gasteiger partial charge in [-0.25, -0.2) is 0 Å². The number of ether oxygens (including phenoxy) is 2. The molecule has 24 heavy (non-hydrogen) atoms. The summed E-state index contributed by atoms with van der Waals surface area (Å²) in [5, 5.41) is 11.8. The molecule has 1 aliphatic heterocycles. The number of imide groups is 1. The number of nitrogens with zero attached hydrogens (tertiary/aromatic N) is 1. The number of amides is 2. The van der Waals surface area contributed by atoms with Crippen LogP contribution in [0.4, 0.5) is 5.69 Å². The first kappa shape index (κ1) is 17.7. The van der Waals surface area contributed by atoms with Crippen LogP contribution >= 0.6 is 12.2 Å². The largest absolute Gasteiger partial charge is 0.493 e. The molecule has 0 aliphatic carbocycles. The number of β-amino-alcohol motifs (C(OH)–C–C–N with tert-alkyl or cyclic N) is 1. The molecule has 0 aromatic heterocycles. The quantitative estimate of drug-likeness (QED) is 0.464. The van der Waals surface area contributed by atoms with Crippen molar-refractivity contribution in [1.82, 2.24) is 4.90 Å². The summed E-state index contributed by atoms with van der Waals surface area (Å²) in [6.45, 7) is -0.388. The van der Waals surface area contributed by atoms with Crippen molar-refractivity contribution < 1.29 is 24.2 Å². The summed E-state index contributed by atoms with van der Waals surface area (Å²) >= 11 is 5.02. The lowest BCUT2D eigenvalue weighted by Crippen LogP contribution is -2.34. The molecule has 0 spiro atoms. The molecule has 0 radical (unpaired) electrons. The average molecular weight is 351 g/mol. The van der Waals surface area contributed by atoms with Crippen molar-refractivity contribution >= 4 is 34.7 Å². The molecule has 1 aliphatic rings. The highest BCUT2D eigenvalue weighted by Crippen LogP contribution is 2.34. The fourth-order valence-corrected chi connectivity index (χ4v) is 2.41. The summed E-state index contributed by atoms with van der Waals surface area (Å²) in [6.07, 6.45) is 1.15. The fourth-order valence-electron chi connectivity index (χ4n) is 2.24. The molecule has 0 bridgehead atoms. The number of aliphatic hydroxyl groups excluding tert-OH is 1. The maximum Gasteiger partial charge on any atom is 0.277 e. The lowest BCUT2D eigenvalue weighted by atomic mass is 10.1. The van der Waals surface area contributed by atoms with Gasteiger partial charge in [0.15, 0.2) is 11.5 Å². The van der Waals surface area contributed by atoms with E-state index in [1.807, 2.05) is 0 Å². The van der Waals surface area contributed by atoms with Gasteiger partial charge in [0.1, 0.15) is 10.7 Å². The zero-order valence-corrected chi connectivity index (χ0v) is 14.0. The van der Waals surface area contributed by atoms with Gasteiger partial charge in [-0.2, -0.15) is 0 Å². The van der Waals surface area contributed by atoms with E-state index in [2.05, 4.69) is 5.32 Å². The van der Waals surface area contributed by atoms with Gasteiger partial charge in [0.05, 0.1) is 33.1 Å². The monoisotopic (exact) mass is 351 g/mol. The van der Waals surface area contributed by atoms with Crippen LogP contribution in [0.15, 0.2) is 23.9 Å². The first-order chi connectivity index (χ1) is 11.4. The summed E-state index contributed by atoms with van der Waals surface area (Å²) in [7, 11) is 2.94. The third kappa shape index (κ3) is 3.31. The Bertz CT molecular complexity index is 732. The number of aliphatic hydroxyl groups is 1. The number of methoxy groups -OCH3 is 2. The van der Waals surface area contributed by atoms with E-state index in [4.69, 9.17) is 32.5 Å². The maximum atomic E-state index is 12.2. The van der Waals surface area contributed by atoms with Gasteiger partial charge in [0.2, 0.25) is 0 Å². The van der Waals surface area contributed by atoms with E-state index in [1.165, 1.54) is 14.2 Å². The second-order valence-corrected chi connectivity index (χ2v) is 5.26. The van der Waals surface area contributed by atoms with Crippen molar-refractivity contribution in [2.75, 3.05) is 32.7 Å². The zero-order chi connectivity index (χ0) is 17.9. The lowest BCUT2D eigenvalue weighted by molar-refractivity contribution is -0.137. The molecular weight excluding hydrogens is 334 g/mol. The Morgan fingerprint density at radius 1 is 1.29 bits per heavy atom. The Morgan fingerprint density at radius 2 is 1.92 bits per heavy atom. The first-order valence-corrected chi connectivity index (χ1v) is 7.35. The summed E-state index contributed by atoms with van der Waals surface area (Å²) < 4.78 is 10.4. The second-order valence-electron chi connectivity index (χ2n) is 4.82. The van der Waals surface area contributed by atoms with Gasteiger partial charge in [-0.3, -0.25) is 14.5 Å². The van der Waals surface area contributed by atoms with Crippen LogP contribution in [0, 0.1) is 0 Å².